The molecule has 0 aliphatic carbocycles. The summed E-state index contributed by atoms with van der Waals surface area (Å²) >= 11 is 0. The lowest BCUT2D eigenvalue weighted by Gasteiger charge is -2.09. The van der Waals surface area contributed by atoms with Gasteiger partial charge in [0.1, 0.15) is 17.1 Å². The van der Waals surface area contributed by atoms with Gasteiger partial charge in [0.2, 0.25) is 0 Å². The SMILES string of the molecule is OC[C@@H](O)CNc1ccc2ncc(-c3cc4ccccc4o3)n2n1. The van der Waals surface area contributed by atoms with E-state index in [0.717, 1.165) is 16.7 Å². The summed E-state index contributed by atoms with van der Waals surface area (Å²) in [4.78, 5) is 4.34. The Morgan fingerprint density at radius 1 is 1.21 bits per heavy atom. The highest BCUT2D eigenvalue weighted by Crippen LogP contribution is 2.28. The molecule has 0 aliphatic heterocycles. The third-order valence-electron chi connectivity index (χ3n) is 3.77. The minimum absolute atomic E-state index is 0.212. The smallest absolute Gasteiger partial charge is 0.155 e. The summed E-state index contributed by atoms with van der Waals surface area (Å²) in [5.41, 5.74) is 2.24. The van der Waals surface area contributed by atoms with Crippen molar-refractivity contribution in [2.75, 3.05) is 18.5 Å². The van der Waals surface area contributed by atoms with E-state index in [1.165, 1.54) is 0 Å². The molecule has 1 aromatic carbocycles. The number of anilines is 1. The molecule has 0 saturated carbocycles. The first-order valence-corrected chi connectivity index (χ1v) is 7.61. The van der Waals surface area contributed by atoms with Crippen molar-refractivity contribution in [3.8, 4) is 11.5 Å². The third kappa shape index (κ3) is 2.60. The molecule has 7 nitrogen and oxygen atoms in total. The van der Waals surface area contributed by atoms with E-state index in [-0.39, 0.29) is 13.2 Å². The van der Waals surface area contributed by atoms with E-state index in [2.05, 4.69) is 15.4 Å². The van der Waals surface area contributed by atoms with Crippen LogP contribution in [-0.2, 0) is 0 Å². The Kier molecular flexibility index (Phi) is 3.64. The molecule has 4 aromatic rings. The molecular weight excluding hydrogens is 308 g/mol. The summed E-state index contributed by atoms with van der Waals surface area (Å²) in [5.74, 6) is 1.26. The predicted molar refractivity (Wildman–Crippen MR) is 89.8 cm³/mol. The number of hydrogen-bond acceptors (Lipinski definition) is 6. The Labute approximate surface area is 137 Å². The number of hydrogen-bond donors (Lipinski definition) is 3. The highest BCUT2D eigenvalue weighted by Gasteiger charge is 2.13. The van der Waals surface area contributed by atoms with Crippen LogP contribution >= 0.6 is 0 Å². The van der Waals surface area contributed by atoms with Gasteiger partial charge in [-0.2, -0.15) is 0 Å². The van der Waals surface area contributed by atoms with E-state index in [1.54, 1.807) is 16.8 Å². The summed E-state index contributed by atoms with van der Waals surface area (Å²) in [7, 11) is 0. The van der Waals surface area contributed by atoms with Gasteiger partial charge in [-0.1, -0.05) is 18.2 Å². The zero-order chi connectivity index (χ0) is 16.5. The van der Waals surface area contributed by atoms with Crippen molar-refractivity contribution in [1.82, 2.24) is 14.6 Å². The summed E-state index contributed by atoms with van der Waals surface area (Å²) < 4.78 is 7.57. The van der Waals surface area contributed by atoms with Crippen molar-refractivity contribution >= 4 is 22.4 Å². The molecule has 7 heteroatoms. The fourth-order valence-corrected chi connectivity index (χ4v) is 2.53. The molecule has 0 unspecified atom stereocenters. The number of furan rings is 1. The lowest BCUT2D eigenvalue weighted by Crippen LogP contribution is -2.23. The third-order valence-corrected chi connectivity index (χ3v) is 3.77. The second kappa shape index (κ2) is 5.95. The van der Waals surface area contributed by atoms with E-state index < -0.39 is 6.10 Å². The van der Waals surface area contributed by atoms with Crippen molar-refractivity contribution in [3.05, 3.63) is 48.7 Å². The number of rotatable bonds is 5. The van der Waals surface area contributed by atoms with Crippen LogP contribution in [0.2, 0.25) is 0 Å². The normalized spacial score (nSPS) is 12.8. The van der Waals surface area contributed by atoms with E-state index >= 15 is 0 Å². The molecule has 122 valence electrons. The van der Waals surface area contributed by atoms with Gasteiger partial charge in [0, 0.05) is 11.9 Å². The zero-order valence-corrected chi connectivity index (χ0v) is 12.8. The number of fused-ring (bicyclic) bond motifs is 2. The second-order valence-corrected chi connectivity index (χ2v) is 5.50. The van der Waals surface area contributed by atoms with Gasteiger partial charge in [0.25, 0.3) is 0 Å². The maximum atomic E-state index is 9.43. The number of aliphatic hydroxyl groups is 2. The Hall–Kier alpha value is -2.90. The van der Waals surface area contributed by atoms with Crippen LogP contribution in [0.3, 0.4) is 0 Å². The Bertz CT molecular complexity index is 959. The summed E-state index contributed by atoms with van der Waals surface area (Å²) in [6.45, 7) is -0.0891. The van der Waals surface area contributed by atoms with Crippen molar-refractivity contribution < 1.29 is 14.6 Å². The quantitative estimate of drug-likeness (QED) is 0.519. The molecule has 3 N–H and O–H groups in total. The second-order valence-electron chi connectivity index (χ2n) is 5.50. The molecule has 0 amide bonds. The standard InChI is InChI=1S/C17H16N4O3/c22-10-12(23)8-18-16-5-6-17-19-9-13(21(17)20-16)15-7-11-3-1-2-4-14(11)24-15/h1-7,9,12,22-23H,8,10H2,(H,18,20)/t12-/m0/s1. The van der Waals surface area contributed by atoms with E-state index in [9.17, 15) is 5.11 Å². The van der Waals surface area contributed by atoms with Gasteiger partial charge in [-0.25, -0.2) is 9.50 Å². The van der Waals surface area contributed by atoms with Crippen molar-refractivity contribution in [2.45, 2.75) is 6.10 Å². The first kappa shape index (κ1) is 14.7. The van der Waals surface area contributed by atoms with Gasteiger partial charge >= 0.3 is 0 Å². The molecular formula is C17H16N4O3. The van der Waals surface area contributed by atoms with E-state index in [1.807, 2.05) is 36.4 Å². The average molecular weight is 324 g/mol. The van der Waals surface area contributed by atoms with Gasteiger partial charge in [-0.05, 0) is 24.3 Å². The van der Waals surface area contributed by atoms with Crippen molar-refractivity contribution in [3.63, 3.8) is 0 Å². The number of para-hydroxylation sites is 1. The number of imidazole rings is 1. The molecule has 0 aliphatic rings. The zero-order valence-electron chi connectivity index (χ0n) is 12.8. The molecule has 0 radical (unpaired) electrons. The van der Waals surface area contributed by atoms with Gasteiger partial charge in [0.15, 0.2) is 11.4 Å². The van der Waals surface area contributed by atoms with Crippen LogP contribution in [0.4, 0.5) is 5.82 Å². The molecule has 3 heterocycles. The summed E-state index contributed by atoms with van der Waals surface area (Å²) in [5, 5.41) is 26.8. The Morgan fingerprint density at radius 2 is 2.08 bits per heavy atom. The largest absolute Gasteiger partial charge is 0.454 e. The van der Waals surface area contributed by atoms with Crippen LogP contribution in [0.1, 0.15) is 0 Å². The van der Waals surface area contributed by atoms with Gasteiger partial charge < -0.3 is 19.9 Å². The number of benzene rings is 1. The minimum atomic E-state index is -0.833. The fraction of sp³-hybridized carbons (Fsp3) is 0.176. The van der Waals surface area contributed by atoms with E-state index in [4.69, 9.17) is 9.52 Å². The van der Waals surface area contributed by atoms with Gasteiger partial charge in [-0.15, -0.1) is 5.10 Å². The molecule has 24 heavy (non-hydrogen) atoms. The van der Waals surface area contributed by atoms with Crippen LogP contribution in [0.5, 0.6) is 0 Å². The predicted octanol–water partition coefficient (Wildman–Crippen LogP) is 1.91. The highest BCUT2D eigenvalue weighted by atomic mass is 16.3. The maximum Gasteiger partial charge on any atom is 0.155 e. The maximum absolute atomic E-state index is 9.43. The van der Waals surface area contributed by atoms with Crippen LogP contribution in [0.15, 0.2) is 53.1 Å². The molecule has 0 bridgehead atoms. The molecule has 0 saturated heterocycles. The van der Waals surface area contributed by atoms with Crippen LogP contribution < -0.4 is 5.32 Å². The number of aliphatic hydroxyl groups excluding tert-OH is 2. The lowest BCUT2D eigenvalue weighted by molar-refractivity contribution is 0.105. The summed E-state index contributed by atoms with van der Waals surface area (Å²) in [6, 6.07) is 13.3. The number of aromatic nitrogens is 3. The van der Waals surface area contributed by atoms with Crippen LogP contribution in [0.25, 0.3) is 28.1 Å². The number of nitrogens with one attached hydrogen (secondary N) is 1. The number of nitrogens with zero attached hydrogens (tertiary/aromatic N) is 3. The van der Waals surface area contributed by atoms with E-state index in [0.29, 0.717) is 17.2 Å². The van der Waals surface area contributed by atoms with Crippen molar-refractivity contribution in [1.29, 1.82) is 0 Å². The molecule has 4 rings (SSSR count). The molecule has 0 spiro atoms. The lowest BCUT2D eigenvalue weighted by atomic mass is 10.2. The fourth-order valence-electron chi connectivity index (χ4n) is 2.53. The molecule has 3 aromatic heterocycles. The first-order valence-electron chi connectivity index (χ1n) is 7.61. The van der Waals surface area contributed by atoms with Gasteiger partial charge in [-0.3, -0.25) is 0 Å². The van der Waals surface area contributed by atoms with Crippen LogP contribution in [-0.4, -0.2) is 44.1 Å². The Morgan fingerprint density at radius 3 is 2.92 bits per heavy atom. The summed E-state index contributed by atoms with van der Waals surface area (Å²) in [6.07, 6.45) is 0.881. The van der Waals surface area contributed by atoms with Crippen molar-refractivity contribution in [2.24, 2.45) is 0 Å². The topological polar surface area (TPSA) is 95.8 Å². The first-order chi connectivity index (χ1) is 11.7. The average Bonchev–Trinajstić information content (AvgIpc) is 3.22. The monoisotopic (exact) mass is 324 g/mol. The molecule has 1 atom stereocenters. The molecule has 0 fully saturated rings. The van der Waals surface area contributed by atoms with Crippen LogP contribution in [0, 0.1) is 0 Å². The van der Waals surface area contributed by atoms with Gasteiger partial charge in [0.05, 0.1) is 18.9 Å². The minimum Gasteiger partial charge on any atom is -0.454 e. The highest BCUT2D eigenvalue weighted by molar-refractivity contribution is 5.82. The Balaban J connectivity index is 1.72.